The van der Waals surface area contributed by atoms with Gasteiger partial charge in [-0.1, -0.05) is 0 Å². The molecule has 4 saturated heterocycles. The number of likely N-dealkylation sites (tertiary alicyclic amines) is 1. The van der Waals surface area contributed by atoms with Gasteiger partial charge in [-0.2, -0.15) is 0 Å². The number of aliphatic imine (C=N–C) groups is 1. The summed E-state index contributed by atoms with van der Waals surface area (Å²) in [5.41, 5.74) is 0. The van der Waals surface area contributed by atoms with Crippen molar-refractivity contribution in [1.29, 1.82) is 0 Å². The number of rotatable bonds is 5. The highest BCUT2D eigenvalue weighted by molar-refractivity contribution is 5.80. The number of guanidine groups is 1. The maximum atomic E-state index is 11.6. The summed E-state index contributed by atoms with van der Waals surface area (Å²) in [6.45, 7) is 11.9. The minimum Gasteiger partial charge on any atom is -0.359 e. The molecule has 4 rings (SSSR count). The second-order valence-corrected chi connectivity index (χ2v) is 7.49. The predicted octanol–water partition coefficient (Wildman–Crippen LogP) is -0.200. The zero-order chi connectivity index (χ0) is 17.6. The van der Waals surface area contributed by atoms with Gasteiger partial charge in [0.05, 0.1) is 6.54 Å². The van der Waals surface area contributed by atoms with Crippen LogP contribution in [0.5, 0.6) is 0 Å². The van der Waals surface area contributed by atoms with E-state index < -0.39 is 0 Å². The molecule has 0 saturated carbocycles. The van der Waals surface area contributed by atoms with Gasteiger partial charge < -0.3 is 15.5 Å². The van der Waals surface area contributed by atoms with Gasteiger partial charge in [-0.15, -0.1) is 0 Å². The van der Waals surface area contributed by atoms with Crippen molar-refractivity contribution in [3.63, 3.8) is 0 Å². The lowest BCUT2D eigenvalue weighted by Crippen LogP contribution is -2.62. The van der Waals surface area contributed by atoms with E-state index in [1.54, 1.807) is 7.05 Å². The Kier molecular flexibility index (Phi) is 6.53. The van der Waals surface area contributed by atoms with Crippen molar-refractivity contribution in [3.05, 3.63) is 0 Å². The van der Waals surface area contributed by atoms with Gasteiger partial charge in [0.1, 0.15) is 0 Å². The lowest BCUT2D eigenvalue weighted by atomic mass is 9.93. The molecule has 0 aromatic rings. The topological polar surface area (TPSA) is 63.2 Å². The monoisotopic (exact) mass is 350 g/mol. The van der Waals surface area contributed by atoms with E-state index in [4.69, 9.17) is 4.99 Å². The Morgan fingerprint density at radius 3 is 2.40 bits per heavy atom. The predicted molar refractivity (Wildman–Crippen MR) is 101 cm³/mol. The highest BCUT2D eigenvalue weighted by Gasteiger charge is 2.31. The summed E-state index contributed by atoms with van der Waals surface area (Å²) in [5, 5.41) is 6.21. The van der Waals surface area contributed by atoms with Crippen molar-refractivity contribution in [3.8, 4) is 0 Å². The maximum Gasteiger partial charge on any atom is 0.220 e. The average molecular weight is 351 g/mol. The van der Waals surface area contributed by atoms with Gasteiger partial charge in [0.25, 0.3) is 0 Å². The van der Waals surface area contributed by atoms with Gasteiger partial charge in [-0.25, -0.2) is 0 Å². The van der Waals surface area contributed by atoms with Crippen molar-refractivity contribution in [2.24, 2.45) is 10.9 Å². The molecule has 1 atom stereocenters. The number of carbonyl (C=O) groups is 1. The molecule has 1 unspecified atom stereocenters. The molecule has 0 radical (unpaired) electrons. The molecule has 25 heavy (non-hydrogen) atoms. The lowest BCUT2D eigenvalue weighted by molar-refractivity contribution is -0.121. The van der Waals surface area contributed by atoms with E-state index in [-0.39, 0.29) is 5.91 Å². The van der Waals surface area contributed by atoms with Crippen LogP contribution in [-0.4, -0.2) is 98.6 Å². The second kappa shape index (κ2) is 8.85. The van der Waals surface area contributed by atoms with Crippen LogP contribution in [0.4, 0.5) is 0 Å². The van der Waals surface area contributed by atoms with Crippen molar-refractivity contribution in [1.82, 2.24) is 25.3 Å². The van der Waals surface area contributed by atoms with Gasteiger partial charge >= 0.3 is 0 Å². The van der Waals surface area contributed by atoms with Gasteiger partial charge in [-0.3, -0.25) is 19.6 Å². The van der Waals surface area contributed by atoms with E-state index in [1.165, 1.54) is 26.2 Å². The molecule has 0 aromatic heterocycles. The Bertz CT molecular complexity index is 466. The third kappa shape index (κ3) is 4.85. The molecule has 0 spiro atoms. The van der Waals surface area contributed by atoms with Crippen molar-refractivity contribution < 1.29 is 4.79 Å². The first kappa shape index (κ1) is 18.5. The van der Waals surface area contributed by atoms with E-state index in [0.29, 0.717) is 18.4 Å². The van der Waals surface area contributed by atoms with Crippen molar-refractivity contribution >= 4 is 11.9 Å². The Balaban J connectivity index is 1.51. The van der Waals surface area contributed by atoms with E-state index in [2.05, 4.69) is 32.3 Å². The number of fused-ring (bicyclic) bond motifs is 3. The van der Waals surface area contributed by atoms with Gasteiger partial charge in [-0.05, 0) is 25.7 Å². The molecule has 4 fully saturated rings. The number of hydrogen-bond acceptors (Lipinski definition) is 4. The fraction of sp³-hybridized carbons (Fsp3) is 0.889. The Hall–Kier alpha value is -1.34. The molecule has 4 aliphatic heterocycles. The van der Waals surface area contributed by atoms with Crippen LogP contribution in [0, 0.1) is 5.92 Å². The van der Waals surface area contributed by atoms with Crippen LogP contribution in [0.3, 0.4) is 0 Å². The summed E-state index contributed by atoms with van der Waals surface area (Å²) in [4.78, 5) is 24.1. The van der Waals surface area contributed by atoms with Crippen LogP contribution in [0.1, 0.15) is 26.2 Å². The standard InChI is InChI=1S/C18H34N6O/c1-3-20-18(21-13-16-14-22-8-10-23(16)11-9-22)24-6-4-15(5-7-24)12-17(25)19-2/h15-16H,3-14H2,1-2H3,(H,19,25)(H,20,21). The third-order valence-electron chi connectivity index (χ3n) is 5.85. The largest absolute Gasteiger partial charge is 0.359 e. The first-order valence-electron chi connectivity index (χ1n) is 9.89. The van der Waals surface area contributed by atoms with Crippen LogP contribution in [-0.2, 0) is 4.79 Å². The number of hydrogen-bond donors (Lipinski definition) is 2. The molecule has 4 heterocycles. The molecule has 0 aliphatic carbocycles. The van der Waals surface area contributed by atoms with Crippen LogP contribution in [0.15, 0.2) is 4.99 Å². The van der Waals surface area contributed by atoms with Gasteiger partial charge in [0.2, 0.25) is 5.91 Å². The molecule has 2 N–H and O–H groups in total. The van der Waals surface area contributed by atoms with Crippen molar-refractivity contribution in [2.75, 3.05) is 66.0 Å². The molecule has 142 valence electrons. The molecule has 7 nitrogen and oxygen atoms in total. The summed E-state index contributed by atoms with van der Waals surface area (Å²) >= 11 is 0. The van der Waals surface area contributed by atoms with E-state index in [9.17, 15) is 4.79 Å². The summed E-state index contributed by atoms with van der Waals surface area (Å²) in [6.07, 6.45) is 2.80. The van der Waals surface area contributed by atoms with Gasteiger partial charge in [0, 0.05) is 71.9 Å². The molecule has 7 heteroatoms. The maximum absolute atomic E-state index is 11.6. The Labute approximate surface area is 151 Å². The summed E-state index contributed by atoms with van der Waals surface area (Å²) in [6, 6.07) is 0.571. The zero-order valence-corrected chi connectivity index (χ0v) is 15.8. The minimum atomic E-state index is 0.162. The molecular weight excluding hydrogens is 316 g/mol. The number of piperazine rings is 3. The fourth-order valence-corrected chi connectivity index (χ4v) is 4.23. The normalized spacial score (nSPS) is 30.4. The number of amides is 1. The van der Waals surface area contributed by atoms with Crippen LogP contribution >= 0.6 is 0 Å². The summed E-state index contributed by atoms with van der Waals surface area (Å²) < 4.78 is 0. The number of piperidine rings is 1. The van der Waals surface area contributed by atoms with Gasteiger partial charge in [0.15, 0.2) is 5.96 Å². The number of nitrogens with one attached hydrogen (secondary N) is 2. The van der Waals surface area contributed by atoms with E-state index >= 15 is 0 Å². The van der Waals surface area contributed by atoms with Crippen LogP contribution < -0.4 is 10.6 Å². The molecule has 2 bridgehead atoms. The first-order valence-corrected chi connectivity index (χ1v) is 9.89. The summed E-state index contributed by atoms with van der Waals surface area (Å²) in [7, 11) is 1.72. The summed E-state index contributed by atoms with van der Waals surface area (Å²) in [5.74, 6) is 1.72. The molecular formula is C18H34N6O. The fourth-order valence-electron chi connectivity index (χ4n) is 4.23. The molecule has 0 aromatic carbocycles. The Morgan fingerprint density at radius 1 is 1.12 bits per heavy atom. The highest BCUT2D eigenvalue weighted by Crippen LogP contribution is 2.21. The smallest absolute Gasteiger partial charge is 0.220 e. The lowest BCUT2D eigenvalue weighted by Gasteiger charge is -2.47. The third-order valence-corrected chi connectivity index (χ3v) is 5.85. The van der Waals surface area contributed by atoms with E-state index in [1.807, 2.05) is 0 Å². The highest BCUT2D eigenvalue weighted by atomic mass is 16.1. The van der Waals surface area contributed by atoms with Crippen LogP contribution in [0.25, 0.3) is 0 Å². The van der Waals surface area contributed by atoms with Crippen LogP contribution in [0.2, 0.25) is 0 Å². The van der Waals surface area contributed by atoms with E-state index in [0.717, 1.165) is 51.5 Å². The zero-order valence-electron chi connectivity index (χ0n) is 15.8. The molecule has 4 aliphatic rings. The second-order valence-electron chi connectivity index (χ2n) is 7.49. The van der Waals surface area contributed by atoms with Crippen molar-refractivity contribution in [2.45, 2.75) is 32.2 Å². The first-order chi connectivity index (χ1) is 12.2. The SMILES string of the molecule is CCNC(=NCC1CN2CCN1CC2)N1CCC(CC(=O)NC)CC1. The minimum absolute atomic E-state index is 0.162. The molecule has 1 amide bonds. The Morgan fingerprint density at radius 2 is 1.84 bits per heavy atom. The number of carbonyl (C=O) groups excluding carboxylic acids is 1. The quantitative estimate of drug-likeness (QED) is 0.531. The number of nitrogens with zero attached hydrogens (tertiary/aromatic N) is 4. The average Bonchev–Trinajstić information content (AvgIpc) is 2.66.